The number of nitrogens with zero attached hydrogens (tertiary/aromatic N) is 3. The molecule has 0 bridgehead atoms. The summed E-state index contributed by atoms with van der Waals surface area (Å²) in [5, 5.41) is 0. The van der Waals surface area contributed by atoms with Crippen molar-refractivity contribution >= 4 is 17.9 Å². The summed E-state index contributed by atoms with van der Waals surface area (Å²) >= 11 is 0. The zero-order valence-corrected chi connectivity index (χ0v) is 21.8. The van der Waals surface area contributed by atoms with E-state index in [2.05, 4.69) is 0 Å². The van der Waals surface area contributed by atoms with Crippen LogP contribution in [0.25, 0.3) is 0 Å². The predicted octanol–water partition coefficient (Wildman–Crippen LogP) is 4.38. The molecule has 208 valence electrons. The largest absolute Gasteiger partial charge is 0.415 e. The van der Waals surface area contributed by atoms with Crippen molar-refractivity contribution in [3.63, 3.8) is 0 Å². The van der Waals surface area contributed by atoms with E-state index in [0.29, 0.717) is 32.5 Å². The highest BCUT2D eigenvalue weighted by Gasteiger charge is 2.43. The Bertz CT molecular complexity index is 1200. The van der Waals surface area contributed by atoms with E-state index >= 15 is 0 Å². The zero-order chi connectivity index (χ0) is 27.7. The van der Waals surface area contributed by atoms with Crippen molar-refractivity contribution in [3.05, 3.63) is 65.7 Å². The van der Waals surface area contributed by atoms with Crippen LogP contribution >= 0.6 is 0 Å². The fourth-order valence-corrected chi connectivity index (χ4v) is 5.82. The molecule has 2 atom stereocenters. The zero-order valence-electron chi connectivity index (χ0n) is 21.8. The van der Waals surface area contributed by atoms with Crippen LogP contribution in [0.5, 0.6) is 5.75 Å². The SMILES string of the molecule is CN(C(=O)Oc1ccc(F)cc1)[C@@H]1CN(C(=O)C2CCN(C(=O)C3CC(F)C3)CC2)C[C@H]1c1ccc(F)cc1. The van der Waals surface area contributed by atoms with E-state index in [4.69, 9.17) is 4.74 Å². The molecule has 3 amide bonds. The average Bonchev–Trinajstić information content (AvgIpc) is 3.37. The minimum absolute atomic E-state index is 0.0197. The van der Waals surface area contributed by atoms with Gasteiger partial charge < -0.3 is 19.4 Å². The first-order chi connectivity index (χ1) is 18.7. The van der Waals surface area contributed by atoms with E-state index in [1.165, 1.54) is 41.3 Å². The first-order valence-corrected chi connectivity index (χ1v) is 13.4. The standard InChI is InChI=1S/C29H32F3N3O4/c1-33(29(38)39-24-8-6-22(31)7-9-24)26-17-35(16-25(26)18-2-4-21(30)5-3-18)27(36)19-10-12-34(13-11-19)28(37)20-14-23(32)15-20/h2-9,19-20,23,25-26H,10-17H2,1H3/t20?,23?,25-,26+/m0/s1. The third-order valence-corrected chi connectivity index (χ3v) is 8.29. The van der Waals surface area contributed by atoms with Gasteiger partial charge in [-0.05, 0) is 67.6 Å². The van der Waals surface area contributed by atoms with Gasteiger partial charge in [0.1, 0.15) is 23.6 Å². The predicted molar refractivity (Wildman–Crippen MR) is 137 cm³/mol. The molecule has 0 N–H and O–H groups in total. The van der Waals surface area contributed by atoms with Gasteiger partial charge in [0.15, 0.2) is 0 Å². The van der Waals surface area contributed by atoms with E-state index in [1.807, 2.05) is 0 Å². The Morgan fingerprint density at radius 1 is 0.821 bits per heavy atom. The first kappa shape index (κ1) is 27.0. The van der Waals surface area contributed by atoms with Crippen LogP contribution in [0, 0.1) is 23.5 Å². The quantitative estimate of drug-likeness (QED) is 0.562. The van der Waals surface area contributed by atoms with Crippen LogP contribution in [-0.4, -0.2) is 78.0 Å². The van der Waals surface area contributed by atoms with Gasteiger partial charge in [-0.1, -0.05) is 12.1 Å². The Balaban J connectivity index is 1.25. The van der Waals surface area contributed by atoms with Crippen molar-refractivity contribution in [2.45, 2.75) is 43.8 Å². The number of hydrogen-bond acceptors (Lipinski definition) is 4. The number of hydrogen-bond donors (Lipinski definition) is 0. The average molecular weight is 544 g/mol. The summed E-state index contributed by atoms with van der Waals surface area (Å²) in [6.07, 6.45) is 0.0962. The molecule has 2 saturated heterocycles. The lowest BCUT2D eigenvalue weighted by molar-refractivity contribution is -0.145. The van der Waals surface area contributed by atoms with E-state index in [9.17, 15) is 27.6 Å². The van der Waals surface area contributed by atoms with E-state index in [0.717, 1.165) is 5.56 Å². The van der Waals surface area contributed by atoms with Crippen molar-refractivity contribution < 1.29 is 32.3 Å². The van der Waals surface area contributed by atoms with Crippen molar-refractivity contribution in [3.8, 4) is 5.75 Å². The molecule has 3 aliphatic rings. The second-order valence-corrected chi connectivity index (χ2v) is 10.8. The molecule has 3 fully saturated rings. The molecule has 39 heavy (non-hydrogen) atoms. The topological polar surface area (TPSA) is 70.2 Å². The van der Waals surface area contributed by atoms with Gasteiger partial charge in [-0.25, -0.2) is 18.0 Å². The van der Waals surface area contributed by atoms with E-state index in [-0.39, 0.29) is 60.5 Å². The van der Waals surface area contributed by atoms with Crippen molar-refractivity contribution in [2.24, 2.45) is 11.8 Å². The summed E-state index contributed by atoms with van der Waals surface area (Å²) in [5.74, 6) is -1.46. The highest BCUT2D eigenvalue weighted by Crippen LogP contribution is 2.35. The van der Waals surface area contributed by atoms with Crippen molar-refractivity contribution in [1.82, 2.24) is 14.7 Å². The number of carbonyl (C=O) groups is 3. The van der Waals surface area contributed by atoms with Gasteiger partial charge in [0.25, 0.3) is 0 Å². The molecule has 1 aliphatic carbocycles. The molecule has 0 radical (unpaired) electrons. The molecule has 0 unspecified atom stereocenters. The van der Waals surface area contributed by atoms with Crippen LogP contribution in [0.3, 0.4) is 0 Å². The van der Waals surface area contributed by atoms with Crippen LogP contribution in [0.4, 0.5) is 18.0 Å². The number of likely N-dealkylation sites (tertiary alicyclic amines) is 2. The third-order valence-electron chi connectivity index (χ3n) is 8.29. The van der Waals surface area contributed by atoms with E-state index < -0.39 is 24.1 Å². The lowest BCUT2D eigenvalue weighted by Gasteiger charge is -2.38. The number of likely N-dealkylation sites (N-methyl/N-ethyl adjacent to an activating group) is 1. The Labute approximate surface area is 225 Å². The summed E-state index contributed by atoms with van der Waals surface area (Å²) in [4.78, 5) is 44.0. The van der Waals surface area contributed by atoms with E-state index in [1.54, 1.807) is 29.0 Å². The number of amides is 3. The molecule has 0 spiro atoms. The molecule has 2 aliphatic heterocycles. The molecule has 2 heterocycles. The normalized spacial score (nSPS) is 25.2. The second kappa shape index (κ2) is 11.3. The molecule has 10 heteroatoms. The third kappa shape index (κ3) is 5.89. The second-order valence-electron chi connectivity index (χ2n) is 10.8. The maximum absolute atomic E-state index is 13.6. The summed E-state index contributed by atoms with van der Waals surface area (Å²) in [7, 11) is 1.59. The smallest absolute Gasteiger partial charge is 0.410 e. The van der Waals surface area contributed by atoms with Gasteiger partial charge in [0.05, 0.1) is 6.04 Å². The maximum Gasteiger partial charge on any atom is 0.415 e. The van der Waals surface area contributed by atoms with Gasteiger partial charge in [-0.15, -0.1) is 0 Å². The molecule has 7 nitrogen and oxygen atoms in total. The van der Waals surface area contributed by atoms with Gasteiger partial charge in [0, 0.05) is 51.0 Å². The van der Waals surface area contributed by atoms with Crippen LogP contribution < -0.4 is 4.74 Å². The maximum atomic E-state index is 13.6. The highest BCUT2D eigenvalue weighted by molar-refractivity contribution is 5.82. The van der Waals surface area contributed by atoms with Crippen LogP contribution in [-0.2, 0) is 9.59 Å². The number of piperidine rings is 1. The Hall–Kier alpha value is -3.56. The number of benzene rings is 2. The molecule has 5 rings (SSSR count). The molecule has 2 aromatic rings. The molecule has 2 aromatic carbocycles. The van der Waals surface area contributed by atoms with Gasteiger partial charge in [0.2, 0.25) is 11.8 Å². The molecular weight excluding hydrogens is 511 g/mol. The van der Waals surface area contributed by atoms with Crippen LogP contribution in [0.1, 0.15) is 37.2 Å². The molecule has 1 saturated carbocycles. The Morgan fingerprint density at radius 2 is 1.38 bits per heavy atom. The Morgan fingerprint density at radius 3 is 1.97 bits per heavy atom. The lowest BCUT2D eigenvalue weighted by atomic mass is 9.82. The Kier molecular flexibility index (Phi) is 7.81. The fraction of sp³-hybridized carbons (Fsp3) is 0.483. The monoisotopic (exact) mass is 543 g/mol. The minimum atomic E-state index is -0.888. The van der Waals surface area contributed by atoms with Gasteiger partial charge >= 0.3 is 6.09 Å². The summed E-state index contributed by atoms with van der Waals surface area (Å²) < 4.78 is 45.5. The summed E-state index contributed by atoms with van der Waals surface area (Å²) in [5.41, 5.74) is 0.796. The molecule has 0 aromatic heterocycles. The number of halogens is 3. The summed E-state index contributed by atoms with van der Waals surface area (Å²) in [6.45, 7) is 1.55. The number of rotatable bonds is 5. The fourth-order valence-electron chi connectivity index (χ4n) is 5.82. The number of ether oxygens (including phenoxy) is 1. The number of alkyl halides is 1. The highest BCUT2D eigenvalue weighted by atomic mass is 19.1. The van der Waals surface area contributed by atoms with Gasteiger partial charge in [-0.3, -0.25) is 9.59 Å². The molecular formula is C29H32F3N3O4. The van der Waals surface area contributed by atoms with Gasteiger partial charge in [-0.2, -0.15) is 0 Å². The van der Waals surface area contributed by atoms with Crippen molar-refractivity contribution in [2.75, 3.05) is 33.2 Å². The summed E-state index contributed by atoms with van der Waals surface area (Å²) in [6, 6.07) is 10.7. The first-order valence-electron chi connectivity index (χ1n) is 13.4. The van der Waals surface area contributed by atoms with Crippen LogP contribution in [0.15, 0.2) is 48.5 Å². The lowest BCUT2D eigenvalue weighted by Crippen LogP contribution is -2.48. The number of carbonyl (C=O) groups excluding carboxylic acids is 3. The van der Waals surface area contributed by atoms with Crippen LogP contribution in [0.2, 0.25) is 0 Å². The minimum Gasteiger partial charge on any atom is -0.410 e. The van der Waals surface area contributed by atoms with Crippen molar-refractivity contribution in [1.29, 1.82) is 0 Å².